The summed E-state index contributed by atoms with van der Waals surface area (Å²) in [6.07, 6.45) is 5.33. The van der Waals surface area contributed by atoms with Crippen LogP contribution in [0.4, 0.5) is 11.4 Å². The Balaban J connectivity index is 2.53. The van der Waals surface area contributed by atoms with Crippen molar-refractivity contribution in [2.24, 2.45) is 0 Å². The van der Waals surface area contributed by atoms with Gasteiger partial charge < -0.3 is 15.7 Å². The number of hydrogen-bond acceptors (Lipinski definition) is 4. The summed E-state index contributed by atoms with van der Waals surface area (Å²) in [7, 11) is 0. The van der Waals surface area contributed by atoms with E-state index in [0.717, 1.165) is 30.8 Å². The average Bonchev–Trinajstić information content (AvgIpc) is 2.28. The van der Waals surface area contributed by atoms with Gasteiger partial charge in [-0.25, -0.2) is 0 Å². The summed E-state index contributed by atoms with van der Waals surface area (Å²) >= 11 is 0. The Labute approximate surface area is 103 Å². The molecule has 1 heterocycles. The third-order valence-electron chi connectivity index (χ3n) is 2.58. The van der Waals surface area contributed by atoms with Crippen molar-refractivity contribution < 1.29 is 5.11 Å². The van der Waals surface area contributed by atoms with Gasteiger partial charge in [-0.3, -0.25) is 4.98 Å². The van der Waals surface area contributed by atoms with Gasteiger partial charge in [-0.15, -0.1) is 0 Å². The molecule has 0 spiro atoms. The van der Waals surface area contributed by atoms with E-state index in [-0.39, 0.29) is 0 Å². The molecule has 0 bridgehead atoms. The van der Waals surface area contributed by atoms with Gasteiger partial charge in [0, 0.05) is 13.1 Å². The van der Waals surface area contributed by atoms with Crippen molar-refractivity contribution >= 4 is 11.4 Å². The highest BCUT2D eigenvalue weighted by atomic mass is 16.3. The third-order valence-corrected chi connectivity index (χ3v) is 2.58. The first-order valence-corrected chi connectivity index (χ1v) is 6.22. The zero-order chi connectivity index (χ0) is 12.7. The van der Waals surface area contributed by atoms with Gasteiger partial charge in [0.1, 0.15) is 0 Å². The van der Waals surface area contributed by atoms with E-state index in [2.05, 4.69) is 22.5 Å². The Kier molecular flexibility index (Phi) is 5.22. The second-order valence-corrected chi connectivity index (χ2v) is 4.59. The van der Waals surface area contributed by atoms with E-state index < -0.39 is 5.60 Å². The first-order chi connectivity index (χ1) is 8.07. The number of pyridine rings is 1. The van der Waals surface area contributed by atoms with Gasteiger partial charge in [-0.2, -0.15) is 0 Å². The van der Waals surface area contributed by atoms with Crippen LogP contribution in [-0.4, -0.2) is 28.8 Å². The van der Waals surface area contributed by atoms with Crippen molar-refractivity contribution in [1.82, 2.24) is 4.98 Å². The van der Waals surface area contributed by atoms with Crippen LogP contribution in [0.5, 0.6) is 0 Å². The summed E-state index contributed by atoms with van der Waals surface area (Å²) in [6, 6.07) is 2.00. The summed E-state index contributed by atoms with van der Waals surface area (Å²) < 4.78 is 0. The third kappa shape index (κ3) is 5.04. The fourth-order valence-electron chi connectivity index (χ4n) is 1.76. The van der Waals surface area contributed by atoms with Crippen molar-refractivity contribution in [2.45, 2.75) is 39.2 Å². The second-order valence-electron chi connectivity index (χ2n) is 4.59. The van der Waals surface area contributed by atoms with Crippen molar-refractivity contribution in [3.05, 3.63) is 18.5 Å². The van der Waals surface area contributed by atoms with Crippen molar-refractivity contribution in [3.63, 3.8) is 0 Å². The van der Waals surface area contributed by atoms with Crippen LogP contribution in [0.15, 0.2) is 18.5 Å². The standard InChI is InChI=1S/C13H23N3O/c1-4-6-13(3,17)10-16-12-7-11(15-5-2)8-14-9-12/h7-9,15-17H,4-6,10H2,1-3H3. The molecule has 1 aromatic rings. The van der Waals surface area contributed by atoms with Gasteiger partial charge >= 0.3 is 0 Å². The molecule has 0 radical (unpaired) electrons. The van der Waals surface area contributed by atoms with E-state index in [1.165, 1.54) is 0 Å². The molecule has 3 N–H and O–H groups in total. The Bertz CT molecular complexity index is 339. The van der Waals surface area contributed by atoms with E-state index in [9.17, 15) is 5.11 Å². The summed E-state index contributed by atoms with van der Waals surface area (Å²) in [4.78, 5) is 4.14. The number of aliphatic hydroxyl groups is 1. The SMILES string of the molecule is CCCC(C)(O)CNc1cncc(NCC)c1. The maximum atomic E-state index is 10.0. The van der Waals surface area contributed by atoms with E-state index in [0.29, 0.717) is 6.54 Å². The highest BCUT2D eigenvalue weighted by Crippen LogP contribution is 2.16. The molecule has 1 atom stereocenters. The average molecular weight is 237 g/mol. The number of nitrogens with one attached hydrogen (secondary N) is 2. The fourth-order valence-corrected chi connectivity index (χ4v) is 1.76. The monoisotopic (exact) mass is 237 g/mol. The molecule has 1 unspecified atom stereocenters. The molecule has 4 nitrogen and oxygen atoms in total. The molecular weight excluding hydrogens is 214 g/mol. The minimum absolute atomic E-state index is 0.540. The molecular formula is C13H23N3O. The Morgan fingerprint density at radius 3 is 2.47 bits per heavy atom. The minimum atomic E-state index is -0.664. The molecule has 17 heavy (non-hydrogen) atoms. The predicted molar refractivity (Wildman–Crippen MR) is 72.4 cm³/mol. The summed E-state index contributed by atoms with van der Waals surface area (Å²) in [6.45, 7) is 7.38. The summed E-state index contributed by atoms with van der Waals surface area (Å²) in [5.41, 5.74) is 1.26. The minimum Gasteiger partial charge on any atom is -0.388 e. The number of aromatic nitrogens is 1. The second kappa shape index (κ2) is 6.45. The number of hydrogen-bond donors (Lipinski definition) is 3. The Hall–Kier alpha value is -1.29. The van der Waals surface area contributed by atoms with Gasteiger partial charge in [-0.1, -0.05) is 13.3 Å². The highest BCUT2D eigenvalue weighted by molar-refractivity contribution is 5.53. The molecule has 4 heteroatoms. The maximum absolute atomic E-state index is 10.0. The van der Waals surface area contributed by atoms with Gasteiger partial charge in [-0.05, 0) is 26.3 Å². The molecule has 1 aromatic heterocycles. The van der Waals surface area contributed by atoms with Crippen molar-refractivity contribution in [2.75, 3.05) is 23.7 Å². The smallest absolute Gasteiger partial charge is 0.0791 e. The molecule has 0 amide bonds. The summed E-state index contributed by atoms with van der Waals surface area (Å²) in [5.74, 6) is 0. The van der Waals surface area contributed by atoms with Gasteiger partial charge in [0.15, 0.2) is 0 Å². The lowest BCUT2D eigenvalue weighted by Crippen LogP contribution is -2.33. The first-order valence-electron chi connectivity index (χ1n) is 6.22. The molecule has 0 aliphatic carbocycles. The van der Waals surface area contributed by atoms with E-state index in [1.54, 1.807) is 12.4 Å². The van der Waals surface area contributed by atoms with Crippen molar-refractivity contribution in [1.29, 1.82) is 0 Å². The maximum Gasteiger partial charge on any atom is 0.0791 e. The molecule has 0 aliphatic heterocycles. The lowest BCUT2D eigenvalue weighted by atomic mass is 10.0. The lowest BCUT2D eigenvalue weighted by molar-refractivity contribution is 0.0637. The molecule has 0 saturated heterocycles. The molecule has 0 aliphatic rings. The van der Waals surface area contributed by atoms with Gasteiger partial charge in [0.25, 0.3) is 0 Å². The molecule has 0 saturated carbocycles. The van der Waals surface area contributed by atoms with Crippen LogP contribution in [0.3, 0.4) is 0 Å². The molecule has 96 valence electrons. The topological polar surface area (TPSA) is 57.2 Å². The molecule has 0 fully saturated rings. The van der Waals surface area contributed by atoms with Crippen LogP contribution in [-0.2, 0) is 0 Å². The zero-order valence-corrected chi connectivity index (χ0v) is 11.0. The van der Waals surface area contributed by atoms with Crippen LogP contribution < -0.4 is 10.6 Å². The predicted octanol–water partition coefficient (Wildman–Crippen LogP) is 2.48. The quantitative estimate of drug-likeness (QED) is 0.682. The number of nitrogens with zero attached hydrogens (tertiary/aromatic N) is 1. The Morgan fingerprint density at radius 1 is 1.24 bits per heavy atom. The van der Waals surface area contributed by atoms with Crippen LogP contribution in [0, 0.1) is 0 Å². The largest absolute Gasteiger partial charge is 0.388 e. The van der Waals surface area contributed by atoms with E-state index >= 15 is 0 Å². The zero-order valence-electron chi connectivity index (χ0n) is 11.0. The van der Waals surface area contributed by atoms with Gasteiger partial charge in [0.2, 0.25) is 0 Å². The fraction of sp³-hybridized carbons (Fsp3) is 0.615. The normalized spacial score (nSPS) is 14.1. The van der Waals surface area contributed by atoms with E-state index in [4.69, 9.17) is 0 Å². The van der Waals surface area contributed by atoms with Crippen LogP contribution >= 0.6 is 0 Å². The number of anilines is 2. The van der Waals surface area contributed by atoms with Crippen LogP contribution in [0.1, 0.15) is 33.6 Å². The van der Waals surface area contributed by atoms with Gasteiger partial charge in [0.05, 0.1) is 29.4 Å². The Morgan fingerprint density at radius 2 is 1.88 bits per heavy atom. The molecule has 0 aromatic carbocycles. The first kappa shape index (κ1) is 13.8. The molecule has 1 rings (SSSR count). The van der Waals surface area contributed by atoms with Crippen LogP contribution in [0.25, 0.3) is 0 Å². The van der Waals surface area contributed by atoms with E-state index in [1.807, 2.05) is 19.9 Å². The van der Waals surface area contributed by atoms with Crippen molar-refractivity contribution in [3.8, 4) is 0 Å². The number of rotatable bonds is 7. The van der Waals surface area contributed by atoms with Crippen LogP contribution in [0.2, 0.25) is 0 Å². The highest BCUT2D eigenvalue weighted by Gasteiger charge is 2.18. The lowest BCUT2D eigenvalue weighted by Gasteiger charge is -2.23. The summed E-state index contributed by atoms with van der Waals surface area (Å²) in [5, 5.41) is 16.5.